The Morgan fingerprint density at radius 3 is 2.62 bits per heavy atom. The van der Waals surface area contributed by atoms with E-state index in [4.69, 9.17) is 10.5 Å². The third-order valence-corrected chi connectivity index (χ3v) is 3.82. The molecule has 1 amide bonds. The van der Waals surface area contributed by atoms with Crippen LogP contribution in [-0.2, 0) is 9.53 Å². The van der Waals surface area contributed by atoms with Gasteiger partial charge in [0.25, 0.3) is 5.91 Å². The van der Waals surface area contributed by atoms with Crippen LogP contribution in [0, 0.1) is 6.92 Å². The number of nitrogens with two attached hydrogens (primary N) is 1. The van der Waals surface area contributed by atoms with Crippen LogP contribution in [0.5, 0.6) is 0 Å². The Labute approximate surface area is 124 Å². The lowest BCUT2D eigenvalue weighted by molar-refractivity contribution is -0.129. The van der Waals surface area contributed by atoms with E-state index in [0.717, 1.165) is 31.2 Å². The molecule has 0 bridgehead atoms. The van der Waals surface area contributed by atoms with Crippen LogP contribution in [0.1, 0.15) is 48.5 Å². The number of carbonyl (C=O) groups is 2. The first-order valence-corrected chi connectivity index (χ1v) is 7.35. The van der Waals surface area contributed by atoms with Crippen molar-refractivity contribution in [1.29, 1.82) is 0 Å². The van der Waals surface area contributed by atoms with Gasteiger partial charge in [-0.3, -0.25) is 4.79 Å². The predicted octanol–water partition coefficient (Wildman–Crippen LogP) is 2.18. The summed E-state index contributed by atoms with van der Waals surface area (Å²) in [6.45, 7) is 3.38. The number of nitrogen functional groups attached to an aromatic ring is 1. The summed E-state index contributed by atoms with van der Waals surface area (Å²) >= 11 is 0. The van der Waals surface area contributed by atoms with Crippen molar-refractivity contribution in [3.8, 4) is 0 Å². The second kappa shape index (κ2) is 6.61. The molecular formula is C16H22N2O3. The van der Waals surface area contributed by atoms with Gasteiger partial charge in [-0.05, 0) is 50.5 Å². The molecule has 1 aliphatic carbocycles. The summed E-state index contributed by atoms with van der Waals surface area (Å²) in [5, 5.41) is 2.92. The van der Waals surface area contributed by atoms with Crippen molar-refractivity contribution < 1.29 is 14.3 Å². The van der Waals surface area contributed by atoms with E-state index in [1.54, 1.807) is 32.0 Å². The Hall–Kier alpha value is -2.04. The third kappa shape index (κ3) is 3.97. The summed E-state index contributed by atoms with van der Waals surface area (Å²) < 4.78 is 5.24. The van der Waals surface area contributed by atoms with Crippen LogP contribution in [0.25, 0.3) is 0 Å². The summed E-state index contributed by atoms with van der Waals surface area (Å²) in [5.74, 6) is -0.732. The quantitative estimate of drug-likeness (QED) is 0.658. The van der Waals surface area contributed by atoms with Crippen molar-refractivity contribution in [1.82, 2.24) is 5.32 Å². The number of esters is 1. The standard InChI is InChI=1S/C16H22N2O3/c1-10-9-12(17)7-8-14(10)16(20)21-11(2)15(19)18-13-5-3-4-6-13/h7-9,11,13H,3-6,17H2,1-2H3,(H,18,19). The lowest BCUT2D eigenvalue weighted by atomic mass is 10.1. The van der Waals surface area contributed by atoms with Gasteiger partial charge >= 0.3 is 5.97 Å². The second-order valence-electron chi connectivity index (χ2n) is 5.61. The number of anilines is 1. The summed E-state index contributed by atoms with van der Waals surface area (Å²) in [5.41, 5.74) is 7.42. The molecule has 1 aromatic carbocycles. The molecule has 0 saturated heterocycles. The van der Waals surface area contributed by atoms with Gasteiger partial charge in [-0.25, -0.2) is 4.79 Å². The zero-order chi connectivity index (χ0) is 15.4. The molecule has 0 radical (unpaired) electrons. The van der Waals surface area contributed by atoms with Gasteiger partial charge in [0.15, 0.2) is 6.10 Å². The summed E-state index contributed by atoms with van der Waals surface area (Å²) in [6.07, 6.45) is 3.50. The van der Waals surface area contributed by atoms with E-state index in [2.05, 4.69) is 5.32 Å². The minimum absolute atomic E-state index is 0.219. The number of nitrogens with one attached hydrogen (secondary N) is 1. The van der Waals surface area contributed by atoms with E-state index >= 15 is 0 Å². The fraction of sp³-hybridized carbons (Fsp3) is 0.500. The Morgan fingerprint density at radius 1 is 1.33 bits per heavy atom. The topological polar surface area (TPSA) is 81.4 Å². The highest BCUT2D eigenvalue weighted by Crippen LogP contribution is 2.18. The first kappa shape index (κ1) is 15.4. The Kier molecular flexibility index (Phi) is 4.83. The number of ether oxygens (including phenoxy) is 1. The van der Waals surface area contributed by atoms with Gasteiger partial charge in [0.05, 0.1) is 5.56 Å². The molecule has 0 spiro atoms. The minimum atomic E-state index is -0.796. The van der Waals surface area contributed by atoms with E-state index in [0.29, 0.717) is 11.3 Å². The number of benzene rings is 1. The van der Waals surface area contributed by atoms with Crippen LogP contribution in [0.3, 0.4) is 0 Å². The zero-order valence-electron chi connectivity index (χ0n) is 12.5. The van der Waals surface area contributed by atoms with Gasteiger partial charge in [-0.15, -0.1) is 0 Å². The van der Waals surface area contributed by atoms with Crippen molar-refractivity contribution in [2.75, 3.05) is 5.73 Å². The number of carbonyl (C=O) groups excluding carboxylic acids is 2. The average molecular weight is 290 g/mol. The third-order valence-electron chi connectivity index (χ3n) is 3.82. The molecule has 1 aromatic rings. The number of hydrogen-bond donors (Lipinski definition) is 2. The molecule has 21 heavy (non-hydrogen) atoms. The van der Waals surface area contributed by atoms with Crippen LogP contribution in [0.15, 0.2) is 18.2 Å². The first-order chi connectivity index (χ1) is 9.97. The molecule has 0 aromatic heterocycles. The molecule has 1 unspecified atom stereocenters. The van der Waals surface area contributed by atoms with Gasteiger partial charge in [0, 0.05) is 11.7 Å². The molecular weight excluding hydrogens is 268 g/mol. The zero-order valence-corrected chi connectivity index (χ0v) is 12.5. The van der Waals surface area contributed by atoms with Crippen molar-refractivity contribution in [3.05, 3.63) is 29.3 Å². The van der Waals surface area contributed by atoms with E-state index in [9.17, 15) is 9.59 Å². The average Bonchev–Trinajstić information content (AvgIpc) is 2.91. The van der Waals surface area contributed by atoms with Crippen LogP contribution >= 0.6 is 0 Å². The van der Waals surface area contributed by atoms with E-state index in [-0.39, 0.29) is 11.9 Å². The largest absolute Gasteiger partial charge is 0.449 e. The fourth-order valence-corrected chi connectivity index (χ4v) is 2.58. The molecule has 5 nitrogen and oxygen atoms in total. The van der Waals surface area contributed by atoms with E-state index < -0.39 is 12.1 Å². The van der Waals surface area contributed by atoms with Gasteiger partial charge in [0.1, 0.15) is 0 Å². The molecule has 0 aliphatic heterocycles. The van der Waals surface area contributed by atoms with Gasteiger partial charge in [-0.1, -0.05) is 12.8 Å². The highest BCUT2D eigenvalue weighted by molar-refractivity contribution is 5.93. The SMILES string of the molecule is Cc1cc(N)ccc1C(=O)OC(C)C(=O)NC1CCCC1. The molecule has 114 valence electrons. The Balaban J connectivity index is 1.93. The van der Waals surface area contributed by atoms with E-state index in [1.807, 2.05) is 0 Å². The predicted molar refractivity (Wildman–Crippen MR) is 80.9 cm³/mol. The van der Waals surface area contributed by atoms with Crippen LogP contribution in [-0.4, -0.2) is 24.0 Å². The first-order valence-electron chi connectivity index (χ1n) is 7.35. The van der Waals surface area contributed by atoms with Gasteiger partial charge in [0.2, 0.25) is 0 Å². The molecule has 1 atom stereocenters. The Morgan fingerprint density at radius 2 is 2.00 bits per heavy atom. The minimum Gasteiger partial charge on any atom is -0.449 e. The summed E-state index contributed by atoms with van der Waals surface area (Å²) in [6, 6.07) is 5.19. The molecule has 1 aliphatic rings. The Bertz CT molecular complexity index is 536. The maximum absolute atomic E-state index is 12.1. The number of aryl methyl sites for hydroxylation is 1. The van der Waals surface area contributed by atoms with Crippen molar-refractivity contribution in [2.45, 2.75) is 51.7 Å². The highest BCUT2D eigenvalue weighted by Gasteiger charge is 2.23. The molecule has 5 heteroatoms. The molecule has 3 N–H and O–H groups in total. The number of hydrogen-bond acceptors (Lipinski definition) is 4. The van der Waals surface area contributed by atoms with Gasteiger partial charge in [-0.2, -0.15) is 0 Å². The normalized spacial score (nSPS) is 16.5. The molecule has 1 saturated carbocycles. The van der Waals surface area contributed by atoms with E-state index in [1.165, 1.54) is 0 Å². The maximum atomic E-state index is 12.1. The lowest BCUT2D eigenvalue weighted by Crippen LogP contribution is -2.40. The highest BCUT2D eigenvalue weighted by atomic mass is 16.5. The summed E-state index contributed by atoms with van der Waals surface area (Å²) in [4.78, 5) is 24.1. The van der Waals surface area contributed by atoms with Crippen molar-refractivity contribution >= 4 is 17.6 Å². The van der Waals surface area contributed by atoms with Crippen molar-refractivity contribution in [2.24, 2.45) is 0 Å². The molecule has 2 rings (SSSR count). The fourth-order valence-electron chi connectivity index (χ4n) is 2.58. The smallest absolute Gasteiger partial charge is 0.339 e. The van der Waals surface area contributed by atoms with Crippen LogP contribution in [0.2, 0.25) is 0 Å². The molecule has 0 heterocycles. The maximum Gasteiger partial charge on any atom is 0.339 e. The number of amides is 1. The second-order valence-corrected chi connectivity index (χ2v) is 5.61. The van der Waals surface area contributed by atoms with Gasteiger partial charge < -0.3 is 15.8 Å². The number of rotatable bonds is 4. The van der Waals surface area contributed by atoms with Crippen LogP contribution < -0.4 is 11.1 Å². The molecule has 1 fully saturated rings. The monoisotopic (exact) mass is 290 g/mol. The van der Waals surface area contributed by atoms with Crippen molar-refractivity contribution in [3.63, 3.8) is 0 Å². The lowest BCUT2D eigenvalue weighted by Gasteiger charge is -2.17. The summed E-state index contributed by atoms with van der Waals surface area (Å²) in [7, 11) is 0. The van der Waals surface area contributed by atoms with Crippen LogP contribution in [0.4, 0.5) is 5.69 Å².